The first kappa shape index (κ1) is 30.3. The fraction of sp³-hybridized carbons (Fsp3) is 0.286. The second-order valence-electron chi connectivity index (χ2n) is 11.8. The van der Waals surface area contributed by atoms with Gasteiger partial charge in [0.25, 0.3) is 0 Å². The van der Waals surface area contributed by atoms with Crippen LogP contribution in [-0.2, 0) is 17.4 Å². The highest BCUT2D eigenvalue weighted by molar-refractivity contribution is 6.04. The van der Waals surface area contributed by atoms with E-state index in [9.17, 15) is 18.0 Å². The molecule has 0 spiro atoms. The molecule has 2 heterocycles. The van der Waals surface area contributed by atoms with Crippen molar-refractivity contribution in [1.29, 1.82) is 0 Å². The molecular formula is C35H35F3N6O. The van der Waals surface area contributed by atoms with Gasteiger partial charge in [-0.05, 0) is 66.4 Å². The zero-order chi connectivity index (χ0) is 31.9. The minimum Gasteiger partial charge on any atom is -0.382 e. The van der Waals surface area contributed by atoms with Gasteiger partial charge in [-0.3, -0.25) is 9.20 Å². The normalized spacial score (nSPS) is 15.5. The van der Waals surface area contributed by atoms with E-state index >= 15 is 0 Å². The summed E-state index contributed by atoms with van der Waals surface area (Å²) in [6, 6.07) is 16.6. The molecule has 0 saturated carbocycles. The number of allylic oxidation sites excluding steroid dienone is 1. The lowest BCUT2D eigenvalue weighted by Crippen LogP contribution is -2.26. The lowest BCUT2D eigenvalue weighted by molar-refractivity contribution is -0.137. The summed E-state index contributed by atoms with van der Waals surface area (Å²) in [4.78, 5) is 22.8. The summed E-state index contributed by atoms with van der Waals surface area (Å²) >= 11 is 0. The van der Waals surface area contributed by atoms with Crippen molar-refractivity contribution in [2.75, 3.05) is 18.1 Å². The number of alkyl halides is 3. The van der Waals surface area contributed by atoms with Crippen LogP contribution in [0.1, 0.15) is 61.7 Å². The maximum absolute atomic E-state index is 13.2. The van der Waals surface area contributed by atoms with Crippen molar-refractivity contribution < 1.29 is 18.0 Å². The Balaban J connectivity index is 1.41. The topological polar surface area (TPSA) is 97.3 Å². The minimum atomic E-state index is -4.50. The second-order valence-corrected chi connectivity index (χ2v) is 11.8. The molecule has 10 heteroatoms. The summed E-state index contributed by atoms with van der Waals surface area (Å²) in [5, 5.41) is 7.71. The van der Waals surface area contributed by atoms with E-state index in [0.29, 0.717) is 17.6 Å². The number of halogens is 3. The third-order valence-electron chi connectivity index (χ3n) is 8.47. The van der Waals surface area contributed by atoms with Gasteiger partial charge in [0.05, 0.1) is 23.9 Å². The molecule has 6 rings (SSSR count). The van der Waals surface area contributed by atoms with Crippen molar-refractivity contribution in [1.82, 2.24) is 19.7 Å². The number of benzene rings is 3. The predicted octanol–water partition coefficient (Wildman–Crippen LogP) is 7.61. The molecule has 4 N–H and O–H groups in total. The summed E-state index contributed by atoms with van der Waals surface area (Å²) in [5.74, 6) is 0.952. The first-order chi connectivity index (χ1) is 21.5. The van der Waals surface area contributed by atoms with Crippen LogP contribution in [0, 0.1) is 0 Å². The molecule has 0 aliphatic heterocycles. The molecule has 45 heavy (non-hydrogen) atoms. The molecule has 3 aromatic carbocycles. The Morgan fingerprint density at radius 1 is 1.09 bits per heavy atom. The first-order valence-electron chi connectivity index (χ1n) is 15.1. The van der Waals surface area contributed by atoms with E-state index in [1.54, 1.807) is 0 Å². The van der Waals surface area contributed by atoms with E-state index < -0.39 is 17.6 Å². The molecule has 2 aromatic heterocycles. The molecule has 1 amide bonds. The number of imidazole rings is 1. The zero-order valence-corrected chi connectivity index (χ0v) is 25.4. The fourth-order valence-electron chi connectivity index (χ4n) is 6.17. The summed E-state index contributed by atoms with van der Waals surface area (Å²) < 4.78 is 41.7. The highest BCUT2D eigenvalue weighted by Crippen LogP contribution is 2.39. The number of hydrogen-bond donors (Lipinski definition) is 3. The van der Waals surface area contributed by atoms with Crippen molar-refractivity contribution in [2.45, 2.75) is 57.7 Å². The highest BCUT2D eigenvalue weighted by Gasteiger charge is 2.30. The second kappa shape index (κ2) is 12.0. The van der Waals surface area contributed by atoms with Crippen LogP contribution in [0.2, 0.25) is 0 Å². The molecule has 5 aromatic rings. The van der Waals surface area contributed by atoms with Gasteiger partial charge in [-0.25, -0.2) is 9.97 Å². The summed E-state index contributed by atoms with van der Waals surface area (Å²) in [6.07, 6.45) is 2.47. The van der Waals surface area contributed by atoms with E-state index in [1.807, 2.05) is 49.6 Å². The molecule has 1 atom stereocenters. The van der Waals surface area contributed by atoms with Crippen molar-refractivity contribution in [3.63, 3.8) is 0 Å². The highest BCUT2D eigenvalue weighted by atomic mass is 19.4. The van der Waals surface area contributed by atoms with Crippen LogP contribution in [0.4, 0.5) is 24.7 Å². The largest absolute Gasteiger partial charge is 0.416 e. The molecule has 232 valence electrons. The van der Waals surface area contributed by atoms with Gasteiger partial charge in [-0.15, -0.1) is 0 Å². The number of nitrogens with zero attached hydrogens (tertiary/aromatic N) is 3. The Hall–Kier alpha value is -4.70. The Labute approximate surface area is 259 Å². The monoisotopic (exact) mass is 612 g/mol. The van der Waals surface area contributed by atoms with Gasteiger partial charge in [0, 0.05) is 23.2 Å². The summed E-state index contributed by atoms with van der Waals surface area (Å²) in [7, 11) is 1.99. The van der Waals surface area contributed by atoms with Crippen LogP contribution in [-0.4, -0.2) is 33.4 Å². The molecule has 0 fully saturated rings. The quantitative estimate of drug-likeness (QED) is 0.176. The number of aromatic nitrogens is 3. The van der Waals surface area contributed by atoms with E-state index in [4.69, 9.17) is 10.7 Å². The lowest BCUT2D eigenvalue weighted by atomic mass is 9.93. The number of fused-ring (bicyclic) bond motifs is 2. The van der Waals surface area contributed by atoms with E-state index in [1.165, 1.54) is 17.7 Å². The third kappa shape index (κ3) is 5.90. The number of carbonyl (C=O) groups excluding carboxylic acids is 1. The van der Waals surface area contributed by atoms with Gasteiger partial charge in [0.1, 0.15) is 22.9 Å². The number of anilines is 2. The van der Waals surface area contributed by atoms with Gasteiger partial charge in [-0.1, -0.05) is 62.4 Å². The van der Waals surface area contributed by atoms with Gasteiger partial charge < -0.3 is 16.4 Å². The van der Waals surface area contributed by atoms with Crippen LogP contribution in [0.3, 0.4) is 0 Å². The van der Waals surface area contributed by atoms with Crippen LogP contribution < -0.4 is 16.4 Å². The Morgan fingerprint density at radius 3 is 2.56 bits per heavy atom. The molecule has 0 bridgehead atoms. The Kier molecular flexibility index (Phi) is 8.09. The molecule has 7 nitrogen and oxygen atoms in total. The molecule has 0 radical (unpaired) electrons. The van der Waals surface area contributed by atoms with Crippen molar-refractivity contribution in [2.24, 2.45) is 0 Å². The van der Waals surface area contributed by atoms with Gasteiger partial charge in [0.15, 0.2) is 0 Å². The van der Waals surface area contributed by atoms with Crippen molar-refractivity contribution >= 4 is 39.3 Å². The first-order valence-corrected chi connectivity index (χ1v) is 15.1. The van der Waals surface area contributed by atoms with Gasteiger partial charge >= 0.3 is 6.18 Å². The molecule has 1 aliphatic carbocycles. The summed E-state index contributed by atoms with van der Waals surface area (Å²) in [6.45, 7) is 4.21. The minimum absolute atomic E-state index is 0.0200. The molecular weight excluding hydrogens is 577 g/mol. The average molecular weight is 613 g/mol. The average Bonchev–Trinajstić information content (AvgIpc) is 3.43. The molecule has 1 aliphatic rings. The van der Waals surface area contributed by atoms with Crippen LogP contribution >= 0.6 is 0 Å². The predicted molar refractivity (Wildman–Crippen MR) is 173 cm³/mol. The maximum Gasteiger partial charge on any atom is 0.416 e. The van der Waals surface area contributed by atoms with Crippen molar-refractivity contribution in [3.05, 3.63) is 95.6 Å². The molecule has 1 unspecified atom stereocenters. The van der Waals surface area contributed by atoms with E-state index in [2.05, 4.69) is 39.9 Å². The lowest BCUT2D eigenvalue weighted by Gasteiger charge is -2.22. The van der Waals surface area contributed by atoms with Crippen LogP contribution in [0.5, 0.6) is 0 Å². The number of nitrogens with two attached hydrogens (primary N) is 1. The standard InChI is InChI=1S/C35H35F3N6O/c1-20(2)34-43-31(32-33(39)41-19-29(44(32)34)21-11-14-24(40-3)15-12-21)28-16-13-22(26-9-4-5-10-27(26)28)17-30(45)42-25-8-6-7-23(18-25)35(36,37)38/h4-11,13,16,18-20,24,40H,12,14-15,17H2,1-3H3,(H2,39,41)(H,42,45). The summed E-state index contributed by atoms with van der Waals surface area (Å²) in [5.41, 5.74) is 11.1. The maximum atomic E-state index is 13.2. The number of amides is 1. The van der Waals surface area contributed by atoms with Crippen molar-refractivity contribution in [3.8, 4) is 11.3 Å². The van der Waals surface area contributed by atoms with Gasteiger partial charge in [0.2, 0.25) is 5.91 Å². The SMILES string of the molecule is CNC1CC=C(c2cnc(N)c3c(-c4ccc(CC(=O)Nc5cccc(C(F)(F)F)c5)c5ccccc45)nc(C(C)C)n23)CC1. The zero-order valence-electron chi connectivity index (χ0n) is 25.4. The van der Waals surface area contributed by atoms with E-state index in [0.717, 1.165) is 70.3 Å². The molecule has 0 saturated heterocycles. The number of hydrogen-bond acceptors (Lipinski definition) is 5. The van der Waals surface area contributed by atoms with Crippen LogP contribution in [0.25, 0.3) is 33.1 Å². The van der Waals surface area contributed by atoms with Gasteiger partial charge in [-0.2, -0.15) is 13.2 Å². The number of rotatable bonds is 7. The van der Waals surface area contributed by atoms with Crippen LogP contribution in [0.15, 0.2) is 72.9 Å². The Bertz CT molecular complexity index is 1940. The number of nitrogens with one attached hydrogen (secondary N) is 2. The third-order valence-corrected chi connectivity index (χ3v) is 8.47. The Morgan fingerprint density at radius 2 is 1.87 bits per heavy atom. The van der Waals surface area contributed by atoms with E-state index in [-0.39, 0.29) is 18.0 Å². The smallest absolute Gasteiger partial charge is 0.382 e. The number of carbonyl (C=O) groups is 1. The number of nitrogen functional groups attached to an aromatic ring is 1. The fourth-order valence-corrected chi connectivity index (χ4v) is 6.17.